The van der Waals surface area contributed by atoms with Crippen molar-refractivity contribution in [3.63, 3.8) is 0 Å². The normalized spacial score (nSPS) is 17.9. The van der Waals surface area contributed by atoms with Crippen molar-refractivity contribution in [2.24, 2.45) is 0 Å². The van der Waals surface area contributed by atoms with Crippen molar-refractivity contribution in [2.75, 3.05) is 6.54 Å². The van der Waals surface area contributed by atoms with E-state index in [0.717, 1.165) is 22.0 Å². The second-order valence-electron chi connectivity index (χ2n) is 5.90. The molecule has 2 aromatic rings. The standard InChI is InChI=1S/C17H18N2O6S/c20-16(18-11-12-5-2-1-3-6-12)13-7-4-10-19(13)26(23,24)15-9-8-14(25-15)17(21)22/h1-3,5-6,8-9,13H,4,7,10-11H2,(H,18,20)(H,21,22). The van der Waals surface area contributed by atoms with Gasteiger partial charge < -0.3 is 14.8 Å². The largest absolute Gasteiger partial charge is 0.475 e. The highest BCUT2D eigenvalue weighted by Crippen LogP contribution is 2.27. The molecule has 1 amide bonds. The van der Waals surface area contributed by atoms with E-state index in [1.54, 1.807) is 0 Å². The maximum absolute atomic E-state index is 12.7. The molecule has 0 aliphatic carbocycles. The van der Waals surface area contributed by atoms with Crippen LogP contribution in [0.2, 0.25) is 0 Å². The molecule has 1 aliphatic heterocycles. The van der Waals surface area contributed by atoms with Gasteiger partial charge in [-0.1, -0.05) is 30.3 Å². The molecule has 1 atom stereocenters. The summed E-state index contributed by atoms with van der Waals surface area (Å²) < 4.78 is 31.4. The van der Waals surface area contributed by atoms with Crippen molar-refractivity contribution in [1.29, 1.82) is 0 Å². The monoisotopic (exact) mass is 378 g/mol. The molecular weight excluding hydrogens is 360 g/mol. The maximum Gasteiger partial charge on any atom is 0.371 e. The van der Waals surface area contributed by atoms with Gasteiger partial charge in [0.2, 0.25) is 16.8 Å². The zero-order chi connectivity index (χ0) is 18.7. The number of nitrogens with one attached hydrogen (secondary N) is 1. The summed E-state index contributed by atoms with van der Waals surface area (Å²) in [5.74, 6) is -2.21. The van der Waals surface area contributed by atoms with Crippen molar-refractivity contribution in [3.8, 4) is 0 Å². The number of aromatic carboxylic acids is 1. The number of carbonyl (C=O) groups is 2. The van der Waals surface area contributed by atoms with Gasteiger partial charge in [0.1, 0.15) is 6.04 Å². The van der Waals surface area contributed by atoms with E-state index in [4.69, 9.17) is 9.52 Å². The molecule has 0 spiro atoms. The molecule has 1 aromatic carbocycles. The van der Waals surface area contributed by atoms with Gasteiger partial charge in [-0.15, -0.1) is 0 Å². The lowest BCUT2D eigenvalue weighted by molar-refractivity contribution is -0.124. The third kappa shape index (κ3) is 3.63. The Balaban J connectivity index is 1.74. The number of carboxylic acid groups (broad SMARTS) is 1. The van der Waals surface area contributed by atoms with E-state index in [-0.39, 0.29) is 12.5 Å². The minimum atomic E-state index is -4.09. The summed E-state index contributed by atoms with van der Waals surface area (Å²) in [5, 5.41) is 11.2. The van der Waals surface area contributed by atoms with E-state index in [1.807, 2.05) is 30.3 Å². The number of nitrogens with zero attached hydrogens (tertiary/aromatic N) is 1. The molecule has 2 N–H and O–H groups in total. The van der Waals surface area contributed by atoms with Crippen LogP contribution in [0.25, 0.3) is 0 Å². The van der Waals surface area contributed by atoms with Crippen LogP contribution in [0.4, 0.5) is 0 Å². The first-order chi connectivity index (χ1) is 12.4. The van der Waals surface area contributed by atoms with E-state index < -0.39 is 32.9 Å². The Hall–Kier alpha value is -2.65. The summed E-state index contributed by atoms with van der Waals surface area (Å²) in [7, 11) is -4.09. The highest BCUT2D eigenvalue weighted by Gasteiger charge is 2.41. The van der Waals surface area contributed by atoms with Gasteiger partial charge in [-0.05, 0) is 30.5 Å². The Kier molecular flexibility index (Phi) is 5.10. The molecule has 26 heavy (non-hydrogen) atoms. The summed E-state index contributed by atoms with van der Waals surface area (Å²) in [6.07, 6.45) is 0.932. The van der Waals surface area contributed by atoms with Crippen LogP contribution >= 0.6 is 0 Å². The van der Waals surface area contributed by atoms with Crippen LogP contribution in [0.15, 0.2) is 52.0 Å². The highest BCUT2D eigenvalue weighted by atomic mass is 32.2. The van der Waals surface area contributed by atoms with Crippen LogP contribution in [0.1, 0.15) is 29.0 Å². The molecule has 0 saturated carbocycles. The summed E-state index contributed by atoms with van der Waals surface area (Å²) in [4.78, 5) is 23.4. The average Bonchev–Trinajstić information content (AvgIpc) is 3.30. The summed E-state index contributed by atoms with van der Waals surface area (Å²) in [6.45, 7) is 0.475. The number of rotatable bonds is 6. The summed E-state index contributed by atoms with van der Waals surface area (Å²) in [5.41, 5.74) is 0.908. The molecule has 3 rings (SSSR count). The zero-order valence-electron chi connectivity index (χ0n) is 13.8. The van der Waals surface area contributed by atoms with E-state index in [9.17, 15) is 18.0 Å². The topological polar surface area (TPSA) is 117 Å². The molecule has 9 heteroatoms. The van der Waals surface area contributed by atoms with Crippen molar-refractivity contribution in [3.05, 3.63) is 53.8 Å². The van der Waals surface area contributed by atoms with Crippen molar-refractivity contribution in [1.82, 2.24) is 9.62 Å². The Morgan fingerprint density at radius 1 is 1.19 bits per heavy atom. The number of carboxylic acids is 1. The number of hydrogen-bond acceptors (Lipinski definition) is 5. The van der Waals surface area contributed by atoms with Crippen LogP contribution in [-0.2, 0) is 21.4 Å². The fraction of sp³-hybridized carbons (Fsp3) is 0.294. The number of carbonyl (C=O) groups excluding carboxylic acids is 1. The van der Waals surface area contributed by atoms with E-state index in [2.05, 4.69) is 5.32 Å². The lowest BCUT2D eigenvalue weighted by Crippen LogP contribution is -2.45. The first-order valence-corrected chi connectivity index (χ1v) is 9.50. The van der Waals surface area contributed by atoms with Crippen LogP contribution in [0.5, 0.6) is 0 Å². The number of hydrogen-bond donors (Lipinski definition) is 2. The van der Waals surface area contributed by atoms with Crippen molar-refractivity contribution in [2.45, 2.75) is 30.5 Å². The molecule has 0 radical (unpaired) electrons. The molecule has 138 valence electrons. The van der Waals surface area contributed by atoms with Gasteiger partial charge in [-0.2, -0.15) is 4.31 Å². The molecule has 1 fully saturated rings. The van der Waals surface area contributed by atoms with E-state index in [0.29, 0.717) is 19.4 Å². The second kappa shape index (κ2) is 7.30. The third-order valence-corrected chi connectivity index (χ3v) is 5.95. The smallest absolute Gasteiger partial charge is 0.371 e. The van der Waals surface area contributed by atoms with E-state index in [1.165, 1.54) is 0 Å². The molecule has 8 nitrogen and oxygen atoms in total. The first kappa shape index (κ1) is 18.2. The van der Waals surface area contributed by atoms with Gasteiger partial charge >= 0.3 is 5.97 Å². The molecule has 2 heterocycles. The first-order valence-electron chi connectivity index (χ1n) is 8.06. The van der Waals surface area contributed by atoms with Crippen LogP contribution < -0.4 is 5.32 Å². The van der Waals surface area contributed by atoms with Gasteiger partial charge in [0.15, 0.2) is 0 Å². The van der Waals surface area contributed by atoms with E-state index >= 15 is 0 Å². The SMILES string of the molecule is O=C(O)c1ccc(S(=O)(=O)N2CCCC2C(=O)NCc2ccccc2)o1. The minimum absolute atomic E-state index is 0.175. The summed E-state index contributed by atoms with van der Waals surface area (Å²) in [6, 6.07) is 10.6. The maximum atomic E-state index is 12.7. The average molecular weight is 378 g/mol. The summed E-state index contributed by atoms with van der Waals surface area (Å²) >= 11 is 0. The Morgan fingerprint density at radius 3 is 2.58 bits per heavy atom. The second-order valence-corrected chi connectivity index (χ2v) is 7.72. The van der Waals surface area contributed by atoms with Crippen LogP contribution in [0, 0.1) is 0 Å². The number of benzene rings is 1. The van der Waals surface area contributed by atoms with Crippen molar-refractivity contribution < 1.29 is 27.5 Å². The Morgan fingerprint density at radius 2 is 1.92 bits per heavy atom. The predicted octanol–water partition coefficient (Wildman–Crippen LogP) is 1.45. The third-order valence-electron chi connectivity index (χ3n) is 4.17. The number of amides is 1. The molecular formula is C17H18N2O6S. The fourth-order valence-corrected chi connectivity index (χ4v) is 4.45. The van der Waals surface area contributed by atoms with Gasteiger partial charge in [0.25, 0.3) is 10.0 Å². The van der Waals surface area contributed by atoms with Crippen LogP contribution in [0.3, 0.4) is 0 Å². The Labute approximate surface area is 150 Å². The lowest BCUT2D eigenvalue weighted by Gasteiger charge is -2.22. The van der Waals surface area contributed by atoms with Gasteiger partial charge in [-0.25, -0.2) is 13.2 Å². The highest BCUT2D eigenvalue weighted by molar-refractivity contribution is 7.89. The number of furan rings is 1. The van der Waals surface area contributed by atoms with Gasteiger partial charge in [0, 0.05) is 13.1 Å². The quantitative estimate of drug-likeness (QED) is 0.786. The molecule has 0 bridgehead atoms. The van der Waals surface area contributed by atoms with Gasteiger partial charge in [-0.3, -0.25) is 4.79 Å². The fourth-order valence-electron chi connectivity index (χ4n) is 2.88. The lowest BCUT2D eigenvalue weighted by atomic mass is 10.2. The zero-order valence-corrected chi connectivity index (χ0v) is 14.6. The molecule has 1 saturated heterocycles. The minimum Gasteiger partial charge on any atom is -0.475 e. The molecule has 1 unspecified atom stereocenters. The van der Waals surface area contributed by atoms with Crippen LogP contribution in [-0.4, -0.2) is 42.3 Å². The predicted molar refractivity (Wildman–Crippen MR) is 90.9 cm³/mol. The Bertz CT molecular complexity index is 906. The van der Waals surface area contributed by atoms with Gasteiger partial charge in [0.05, 0.1) is 0 Å². The van der Waals surface area contributed by atoms with Crippen molar-refractivity contribution >= 4 is 21.9 Å². The number of sulfonamides is 1. The molecule has 1 aromatic heterocycles. The molecule has 1 aliphatic rings.